The number of aromatic nitrogens is 6. The fourth-order valence-corrected chi connectivity index (χ4v) is 10.3. The van der Waals surface area contributed by atoms with Crippen LogP contribution >= 0.6 is 0 Å². The Bertz CT molecular complexity index is 2700. The first-order valence-electron chi connectivity index (χ1n) is 19.0. The number of hydrogen-bond acceptors (Lipinski definition) is 12. The smallest absolute Gasteiger partial charge is 0.319 e. The van der Waals surface area contributed by atoms with Gasteiger partial charge in [0.05, 0.1) is 21.4 Å². The quantitative estimate of drug-likeness (QED) is 0.199. The largest absolute Gasteiger partial charge is 0.489 e. The molecule has 0 amide bonds. The van der Waals surface area contributed by atoms with Crippen molar-refractivity contribution < 1.29 is 26.7 Å². The van der Waals surface area contributed by atoms with E-state index in [4.69, 9.17) is 25.9 Å². The molecule has 6 aromatic rings. The third-order valence-corrected chi connectivity index (χ3v) is 13.4. The molecule has 0 spiro atoms. The number of nitrogens with one attached hydrogen (secondary N) is 1. The summed E-state index contributed by atoms with van der Waals surface area (Å²) in [5.41, 5.74) is 0.0527. The summed E-state index contributed by atoms with van der Waals surface area (Å²) in [6.07, 6.45) is 13.9. The number of pyridine rings is 1. The molecular weight excluding hydrogens is 753 g/mol. The average Bonchev–Trinajstić information content (AvgIpc) is 4.03. The molecule has 290 valence electrons. The van der Waals surface area contributed by atoms with E-state index in [9.17, 15) is 12.8 Å². The zero-order valence-corrected chi connectivity index (χ0v) is 31.5. The fraction of sp³-hybridized carbons (Fsp3) is 0.341. The molecule has 13 nitrogen and oxygen atoms in total. The molecule has 0 unspecified atom stereocenters. The summed E-state index contributed by atoms with van der Waals surface area (Å²) >= 11 is 0. The zero-order chi connectivity index (χ0) is 38.9. The van der Waals surface area contributed by atoms with Gasteiger partial charge >= 0.3 is 6.01 Å². The van der Waals surface area contributed by atoms with Gasteiger partial charge in [-0.25, -0.2) is 13.8 Å². The normalized spacial score (nSPS) is 23.2. The van der Waals surface area contributed by atoms with E-state index in [-0.39, 0.29) is 52.5 Å². The van der Waals surface area contributed by atoms with Gasteiger partial charge in [-0.2, -0.15) is 18.4 Å². The number of piperazine rings is 1. The molecular formula is C41H37F2N9O4S. The van der Waals surface area contributed by atoms with E-state index in [1.807, 2.05) is 0 Å². The maximum absolute atomic E-state index is 17.1. The van der Waals surface area contributed by atoms with Crippen LogP contribution in [0, 0.1) is 24.0 Å². The van der Waals surface area contributed by atoms with Crippen LogP contribution in [0.25, 0.3) is 32.9 Å². The SMILES string of the molecule is C#Cc1c(F)ccc2cccc(-c3ncc4c(N5C[C@H]6CC[C@@H](C5)N6)nc(OC[C@@]56CCCN5C[C@@H](Oc5cccc(S(=O)(=O)n7cncn7)c5)C6)nc4c3F)c12. The van der Waals surface area contributed by atoms with Crippen molar-refractivity contribution in [1.82, 2.24) is 39.3 Å². The number of rotatable bonds is 9. The molecule has 10 rings (SSSR count). The van der Waals surface area contributed by atoms with Gasteiger partial charge in [0.1, 0.15) is 54.0 Å². The second-order valence-corrected chi connectivity index (χ2v) is 17.1. The Balaban J connectivity index is 0.975. The van der Waals surface area contributed by atoms with Crippen molar-refractivity contribution in [2.45, 2.75) is 60.7 Å². The highest BCUT2D eigenvalue weighted by molar-refractivity contribution is 7.89. The summed E-state index contributed by atoms with van der Waals surface area (Å²) in [5.74, 6) is 2.17. The van der Waals surface area contributed by atoms with Gasteiger partial charge in [-0.1, -0.05) is 36.3 Å². The molecule has 2 bridgehead atoms. The van der Waals surface area contributed by atoms with Crippen LogP contribution in [0.5, 0.6) is 11.8 Å². The van der Waals surface area contributed by atoms with Crippen molar-refractivity contribution in [3.63, 3.8) is 0 Å². The number of halogens is 2. The number of benzene rings is 3. The van der Waals surface area contributed by atoms with Gasteiger partial charge in [0.25, 0.3) is 10.0 Å². The molecule has 1 N–H and O–H groups in total. The summed E-state index contributed by atoms with van der Waals surface area (Å²) in [4.78, 5) is 22.5. The Morgan fingerprint density at radius 3 is 2.68 bits per heavy atom. The van der Waals surface area contributed by atoms with Gasteiger partial charge < -0.3 is 19.7 Å². The van der Waals surface area contributed by atoms with Crippen LogP contribution in [-0.2, 0) is 10.0 Å². The molecule has 0 aliphatic carbocycles. The molecule has 4 aliphatic rings. The standard InChI is InChI=1S/C41H37F2N9O4S/c1-2-31-34(42)13-10-25-6-3-9-32(35(25)31)37-36(43)38-33(18-45-37)39(50-19-26-11-12-27(20-50)47-26)49-40(48-38)55-22-41-14-5-15-51(41)21-29(17-41)56-28-7-4-8-30(16-28)57(53,54)52-24-44-23-46-52/h1,3-4,6-10,13,16,18,23-24,26-27,29,47H,5,11-12,14-15,17,19-22H2/t26-,27+,29-,41-/m0/s1. The Morgan fingerprint density at radius 1 is 1.04 bits per heavy atom. The Morgan fingerprint density at radius 2 is 1.88 bits per heavy atom. The zero-order valence-electron chi connectivity index (χ0n) is 30.7. The minimum absolute atomic E-state index is 0.000633. The lowest BCUT2D eigenvalue weighted by molar-refractivity contribution is 0.107. The summed E-state index contributed by atoms with van der Waals surface area (Å²) in [7, 11) is -3.93. The van der Waals surface area contributed by atoms with Gasteiger partial charge in [-0.05, 0) is 55.8 Å². The molecule has 4 aliphatic heterocycles. The maximum atomic E-state index is 17.1. The molecule has 7 heterocycles. The number of nitrogens with zero attached hydrogens (tertiary/aromatic N) is 8. The van der Waals surface area contributed by atoms with Gasteiger partial charge in [-0.3, -0.25) is 9.88 Å². The Kier molecular flexibility index (Phi) is 8.58. The van der Waals surface area contributed by atoms with Gasteiger partial charge in [0, 0.05) is 61.4 Å². The second kappa shape index (κ2) is 13.7. The van der Waals surface area contributed by atoms with Crippen molar-refractivity contribution in [3.8, 4) is 35.4 Å². The number of anilines is 1. The first kappa shape index (κ1) is 35.6. The lowest BCUT2D eigenvalue weighted by Gasteiger charge is -2.34. The highest BCUT2D eigenvalue weighted by Crippen LogP contribution is 2.42. The lowest BCUT2D eigenvalue weighted by Crippen LogP contribution is -2.51. The van der Waals surface area contributed by atoms with Crippen molar-refractivity contribution >= 4 is 37.5 Å². The minimum atomic E-state index is -3.93. The third-order valence-electron chi connectivity index (χ3n) is 11.8. The number of terminal acetylenes is 1. The van der Waals surface area contributed by atoms with Gasteiger partial charge in [-0.15, -0.1) is 15.6 Å². The highest BCUT2D eigenvalue weighted by atomic mass is 32.2. The predicted octanol–water partition coefficient (Wildman–Crippen LogP) is 4.94. The predicted molar refractivity (Wildman–Crippen MR) is 207 cm³/mol. The third kappa shape index (κ3) is 6.12. The van der Waals surface area contributed by atoms with Crippen molar-refractivity contribution in [3.05, 3.63) is 90.6 Å². The minimum Gasteiger partial charge on any atom is -0.489 e. The van der Waals surface area contributed by atoms with E-state index in [0.29, 0.717) is 59.3 Å². The van der Waals surface area contributed by atoms with Crippen molar-refractivity contribution in [1.29, 1.82) is 0 Å². The van der Waals surface area contributed by atoms with Crippen LogP contribution in [-0.4, -0.2) is 99.0 Å². The van der Waals surface area contributed by atoms with Crippen LogP contribution < -0.4 is 19.7 Å². The van der Waals surface area contributed by atoms with E-state index in [1.165, 1.54) is 24.5 Å². The van der Waals surface area contributed by atoms with E-state index in [0.717, 1.165) is 42.6 Å². The summed E-state index contributed by atoms with van der Waals surface area (Å²) in [6, 6.07) is 15.2. The summed E-state index contributed by atoms with van der Waals surface area (Å²) < 4.78 is 71.9. The van der Waals surface area contributed by atoms with E-state index in [1.54, 1.807) is 42.6 Å². The topological polar surface area (TPSA) is 140 Å². The molecule has 3 aromatic heterocycles. The van der Waals surface area contributed by atoms with Crippen LogP contribution in [0.4, 0.5) is 14.6 Å². The van der Waals surface area contributed by atoms with Crippen LogP contribution in [0.15, 0.2) is 78.3 Å². The summed E-state index contributed by atoms with van der Waals surface area (Å²) in [5, 5.41) is 8.95. The molecule has 0 radical (unpaired) electrons. The van der Waals surface area contributed by atoms with Crippen molar-refractivity contribution in [2.24, 2.45) is 0 Å². The molecule has 4 fully saturated rings. The first-order chi connectivity index (χ1) is 27.7. The summed E-state index contributed by atoms with van der Waals surface area (Å²) in [6.45, 7) is 3.08. The molecule has 16 heteroatoms. The maximum Gasteiger partial charge on any atom is 0.319 e. The molecule has 0 saturated carbocycles. The van der Waals surface area contributed by atoms with Gasteiger partial charge in [0.15, 0.2) is 5.82 Å². The molecule has 4 atom stereocenters. The lowest BCUT2D eigenvalue weighted by atomic mass is 9.94. The monoisotopic (exact) mass is 789 g/mol. The highest BCUT2D eigenvalue weighted by Gasteiger charge is 2.50. The first-order valence-corrected chi connectivity index (χ1v) is 20.4. The van der Waals surface area contributed by atoms with E-state index >= 15 is 4.39 Å². The van der Waals surface area contributed by atoms with E-state index < -0.39 is 27.2 Å². The fourth-order valence-electron chi connectivity index (χ4n) is 9.25. The van der Waals surface area contributed by atoms with Crippen LogP contribution in [0.2, 0.25) is 0 Å². The second-order valence-electron chi connectivity index (χ2n) is 15.3. The molecule has 3 aromatic carbocycles. The molecule has 57 heavy (non-hydrogen) atoms. The molecule has 4 saturated heterocycles. The number of hydrogen-bond donors (Lipinski definition) is 1. The average molecular weight is 790 g/mol. The van der Waals surface area contributed by atoms with Crippen LogP contribution in [0.3, 0.4) is 0 Å². The van der Waals surface area contributed by atoms with E-state index in [2.05, 4.69) is 36.1 Å². The number of fused-ring (bicyclic) bond motifs is 5. The Labute approximate surface area is 327 Å². The van der Waals surface area contributed by atoms with Gasteiger partial charge in [0.2, 0.25) is 0 Å². The number of ether oxygens (including phenoxy) is 2. The van der Waals surface area contributed by atoms with Crippen molar-refractivity contribution in [2.75, 3.05) is 37.7 Å². The van der Waals surface area contributed by atoms with Crippen LogP contribution in [0.1, 0.15) is 37.7 Å². The Hall–Kier alpha value is -5.76.